The summed E-state index contributed by atoms with van der Waals surface area (Å²) in [4.78, 5) is 11.1. The van der Waals surface area contributed by atoms with Crippen LogP contribution in [0.4, 0.5) is 0 Å². The summed E-state index contributed by atoms with van der Waals surface area (Å²) in [5, 5.41) is 13.1. The van der Waals surface area contributed by atoms with E-state index < -0.39 is 12.0 Å². The first kappa shape index (κ1) is 13.4. The van der Waals surface area contributed by atoms with Crippen LogP contribution in [0, 0.1) is 0 Å². The molecule has 18 heavy (non-hydrogen) atoms. The summed E-state index contributed by atoms with van der Waals surface area (Å²) in [5.74, 6) is -0.758. The third-order valence-corrected chi connectivity index (χ3v) is 3.65. The lowest BCUT2D eigenvalue weighted by Crippen LogP contribution is -2.43. The minimum Gasteiger partial charge on any atom is -0.480 e. The number of halogens is 1. The number of aliphatic carboxylic acids is 1. The van der Waals surface area contributed by atoms with Crippen LogP contribution < -0.4 is 5.32 Å². The molecule has 0 heterocycles. The SMILES string of the molecule is CCCC(N[C@H]1Cc2ccc(Cl)cc2C1)C(=O)O. The van der Waals surface area contributed by atoms with Crippen LogP contribution in [0.25, 0.3) is 0 Å². The molecule has 1 aliphatic carbocycles. The van der Waals surface area contributed by atoms with E-state index in [9.17, 15) is 4.79 Å². The largest absolute Gasteiger partial charge is 0.480 e. The standard InChI is InChI=1S/C14H18ClNO2/c1-2-3-13(14(17)18)16-12-7-9-4-5-11(15)6-10(9)8-12/h4-6,12-13,16H,2-3,7-8H2,1H3,(H,17,18)/t12-,13?/m0/s1. The van der Waals surface area contributed by atoms with E-state index in [1.165, 1.54) is 11.1 Å². The van der Waals surface area contributed by atoms with Crippen molar-refractivity contribution < 1.29 is 9.90 Å². The predicted molar refractivity (Wildman–Crippen MR) is 72.1 cm³/mol. The second kappa shape index (κ2) is 5.72. The third kappa shape index (κ3) is 3.03. The molecule has 0 fully saturated rings. The fourth-order valence-electron chi connectivity index (χ4n) is 2.56. The van der Waals surface area contributed by atoms with E-state index in [-0.39, 0.29) is 6.04 Å². The van der Waals surface area contributed by atoms with Gasteiger partial charge in [-0.2, -0.15) is 0 Å². The second-order valence-electron chi connectivity index (χ2n) is 4.86. The highest BCUT2D eigenvalue weighted by Gasteiger charge is 2.26. The van der Waals surface area contributed by atoms with Gasteiger partial charge < -0.3 is 10.4 Å². The maximum atomic E-state index is 11.1. The monoisotopic (exact) mass is 267 g/mol. The van der Waals surface area contributed by atoms with Crippen LogP contribution >= 0.6 is 11.6 Å². The number of carboxylic acids is 1. The molecule has 2 N–H and O–H groups in total. The molecule has 0 spiro atoms. The fourth-order valence-corrected chi connectivity index (χ4v) is 2.75. The zero-order valence-electron chi connectivity index (χ0n) is 10.4. The van der Waals surface area contributed by atoms with Gasteiger partial charge in [0.25, 0.3) is 0 Å². The average Bonchev–Trinajstić information content (AvgIpc) is 2.69. The molecule has 0 radical (unpaired) electrons. The molecule has 0 saturated carbocycles. The van der Waals surface area contributed by atoms with Gasteiger partial charge in [-0.1, -0.05) is 31.0 Å². The number of hydrogen-bond donors (Lipinski definition) is 2. The lowest BCUT2D eigenvalue weighted by molar-refractivity contribution is -0.139. The van der Waals surface area contributed by atoms with E-state index >= 15 is 0 Å². The Hall–Kier alpha value is -1.06. The molecule has 98 valence electrons. The quantitative estimate of drug-likeness (QED) is 0.862. The Kier molecular flexibility index (Phi) is 4.25. The zero-order chi connectivity index (χ0) is 13.1. The van der Waals surface area contributed by atoms with Gasteiger partial charge in [0.1, 0.15) is 6.04 Å². The number of benzene rings is 1. The Morgan fingerprint density at radius 1 is 1.50 bits per heavy atom. The Bertz CT molecular complexity index is 447. The molecular weight excluding hydrogens is 250 g/mol. The van der Waals surface area contributed by atoms with Gasteiger partial charge in [-0.05, 0) is 42.5 Å². The fraction of sp³-hybridized carbons (Fsp3) is 0.500. The Morgan fingerprint density at radius 3 is 2.89 bits per heavy atom. The Balaban J connectivity index is 2.00. The van der Waals surface area contributed by atoms with Gasteiger partial charge in [-0.3, -0.25) is 4.79 Å². The molecular formula is C14H18ClNO2. The summed E-state index contributed by atoms with van der Waals surface area (Å²) in [6, 6.07) is 5.68. The van der Waals surface area contributed by atoms with E-state index in [1.807, 2.05) is 25.1 Å². The number of fused-ring (bicyclic) bond motifs is 1. The molecule has 2 rings (SSSR count). The van der Waals surface area contributed by atoms with Crippen LogP contribution in [-0.4, -0.2) is 23.2 Å². The van der Waals surface area contributed by atoms with Gasteiger partial charge in [-0.15, -0.1) is 0 Å². The first-order valence-corrected chi connectivity index (χ1v) is 6.74. The highest BCUT2D eigenvalue weighted by Crippen LogP contribution is 2.25. The minimum atomic E-state index is -0.758. The summed E-state index contributed by atoms with van der Waals surface area (Å²) in [7, 11) is 0. The lowest BCUT2D eigenvalue weighted by Gasteiger charge is -2.18. The molecule has 0 aromatic heterocycles. The zero-order valence-corrected chi connectivity index (χ0v) is 11.2. The summed E-state index contributed by atoms with van der Waals surface area (Å²) < 4.78 is 0. The lowest BCUT2D eigenvalue weighted by atomic mass is 10.1. The summed E-state index contributed by atoms with van der Waals surface area (Å²) >= 11 is 5.96. The van der Waals surface area contributed by atoms with Gasteiger partial charge in [0, 0.05) is 11.1 Å². The molecule has 2 atom stereocenters. The molecule has 0 amide bonds. The predicted octanol–water partition coefficient (Wildman–Crippen LogP) is 2.65. The Morgan fingerprint density at radius 2 is 2.22 bits per heavy atom. The molecule has 1 unspecified atom stereocenters. The van der Waals surface area contributed by atoms with Crippen molar-refractivity contribution in [3.8, 4) is 0 Å². The number of nitrogens with one attached hydrogen (secondary N) is 1. The number of carbonyl (C=O) groups is 1. The molecule has 0 bridgehead atoms. The highest BCUT2D eigenvalue weighted by atomic mass is 35.5. The van der Waals surface area contributed by atoms with E-state index in [4.69, 9.17) is 16.7 Å². The number of carboxylic acid groups (broad SMARTS) is 1. The maximum absolute atomic E-state index is 11.1. The molecule has 1 aromatic carbocycles. The van der Waals surface area contributed by atoms with E-state index in [1.54, 1.807) is 0 Å². The van der Waals surface area contributed by atoms with Gasteiger partial charge in [0.15, 0.2) is 0 Å². The molecule has 0 saturated heterocycles. The molecule has 3 nitrogen and oxygen atoms in total. The van der Waals surface area contributed by atoms with E-state index in [0.717, 1.165) is 24.3 Å². The van der Waals surface area contributed by atoms with Crippen molar-refractivity contribution in [1.29, 1.82) is 0 Å². The van der Waals surface area contributed by atoms with E-state index in [0.29, 0.717) is 6.42 Å². The van der Waals surface area contributed by atoms with Crippen LogP contribution in [0.3, 0.4) is 0 Å². The maximum Gasteiger partial charge on any atom is 0.320 e. The van der Waals surface area contributed by atoms with Gasteiger partial charge >= 0.3 is 5.97 Å². The van der Waals surface area contributed by atoms with Crippen molar-refractivity contribution in [1.82, 2.24) is 5.32 Å². The summed E-state index contributed by atoms with van der Waals surface area (Å²) in [5.41, 5.74) is 2.51. The molecule has 1 aliphatic rings. The average molecular weight is 268 g/mol. The van der Waals surface area contributed by atoms with Crippen molar-refractivity contribution in [3.63, 3.8) is 0 Å². The summed E-state index contributed by atoms with van der Waals surface area (Å²) in [6.45, 7) is 2.00. The second-order valence-corrected chi connectivity index (χ2v) is 5.30. The van der Waals surface area contributed by atoms with Gasteiger partial charge in [0.2, 0.25) is 0 Å². The van der Waals surface area contributed by atoms with E-state index in [2.05, 4.69) is 5.32 Å². The minimum absolute atomic E-state index is 0.214. The number of rotatable bonds is 5. The molecule has 0 aliphatic heterocycles. The highest BCUT2D eigenvalue weighted by molar-refractivity contribution is 6.30. The summed E-state index contributed by atoms with van der Waals surface area (Å²) in [6.07, 6.45) is 3.29. The smallest absolute Gasteiger partial charge is 0.320 e. The topological polar surface area (TPSA) is 49.3 Å². The third-order valence-electron chi connectivity index (χ3n) is 3.41. The van der Waals surface area contributed by atoms with Crippen molar-refractivity contribution in [2.45, 2.75) is 44.7 Å². The van der Waals surface area contributed by atoms with Crippen molar-refractivity contribution in [3.05, 3.63) is 34.3 Å². The van der Waals surface area contributed by atoms with Gasteiger partial charge in [0.05, 0.1) is 0 Å². The van der Waals surface area contributed by atoms with Crippen LogP contribution in [0.2, 0.25) is 5.02 Å². The van der Waals surface area contributed by atoms with Crippen molar-refractivity contribution in [2.24, 2.45) is 0 Å². The van der Waals surface area contributed by atoms with Crippen LogP contribution in [0.5, 0.6) is 0 Å². The van der Waals surface area contributed by atoms with Crippen molar-refractivity contribution >= 4 is 17.6 Å². The van der Waals surface area contributed by atoms with Crippen LogP contribution in [0.15, 0.2) is 18.2 Å². The number of hydrogen-bond acceptors (Lipinski definition) is 2. The van der Waals surface area contributed by atoms with Gasteiger partial charge in [-0.25, -0.2) is 0 Å². The molecule has 4 heteroatoms. The first-order valence-electron chi connectivity index (χ1n) is 6.36. The van der Waals surface area contributed by atoms with Crippen molar-refractivity contribution in [2.75, 3.05) is 0 Å². The van der Waals surface area contributed by atoms with Crippen LogP contribution in [0.1, 0.15) is 30.9 Å². The van der Waals surface area contributed by atoms with Crippen LogP contribution in [-0.2, 0) is 17.6 Å². The Labute approximate surface area is 112 Å². The normalized spacial score (nSPS) is 19.6. The first-order chi connectivity index (χ1) is 8.60. The molecule has 1 aromatic rings.